The fourth-order valence-corrected chi connectivity index (χ4v) is 5.52. The summed E-state index contributed by atoms with van der Waals surface area (Å²) in [5.74, 6) is 2.29. The van der Waals surface area contributed by atoms with Crippen molar-refractivity contribution >= 4 is 27.6 Å². The molecule has 1 heterocycles. The smallest absolute Gasteiger partial charge is 0.193 e. The minimum absolute atomic E-state index is 0.0659. The lowest BCUT2D eigenvalue weighted by atomic mass is 10.1. The fourth-order valence-electron chi connectivity index (χ4n) is 2.90. The molecule has 2 fully saturated rings. The summed E-state index contributed by atoms with van der Waals surface area (Å²) >= 11 is 1.99. The Kier molecular flexibility index (Phi) is 4.83. The van der Waals surface area contributed by atoms with Crippen LogP contribution in [0.25, 0.3) is 0 Å². The minimum atomic E-state index is -2.91. The number of hydrogen-bond donors (Lipinski definition) is 1. The molecule has 5 nitrogen and oxygen atoms in total. The zero-order valence-corrected chi connectivity index (χ0v) is 15.1. The van der Waals surface area contributed by atoms with Gasteiger partial charge in [-0.3, -0.25) is 4.99 Å². The van der Waals surface area contributed by atoms with E-state index in [2.05, 4.69) is 29.1 Å². The van der Waals surface area contributed by atoms with E-state index in [0.717, 1.165) is 37.6 Å². The van der Waals surface area contributed by atoms with Gasteiger partial charge in [-0.1, -0.05) is 0 Å². The third-order valence-corrected chi connectivity index (χ3v) is 6.52. The number of rotatable bonds is 4. The van der Waals surface area contributed by atoms with Gasteiger partial charge in [-0.15, -0.1) is 0 Å². The Balaban J connectivity index is 1.92. The van der Waals surface area contributed by atoms with Crippen LogP contribution in [-0.2, 0) is 9.84 Å². The second-order valence-electron chi connectivity index (χ2n) is 7.00. The van der Waals surface area contributed by atoms with Gasteiger partial charge < -0.3 is 10.2 Å². The van der Waals surface area contributed by atoms with E-state index in [-0.39, 0.29) is 15.9 Å². The second-order valence-corrected chi connectivity index (χ2v) is 10.9. The summed E-state index contributed by atoms with van der Waals surface area (Å²) < 4.78 is 23.3. The standard InChI is InChI=1S/C14H27N3O2S2/c1-13(2)10-17(7-8-20-13)12(15-3)16-9-14(5-6-14)11-21(4,18)19/h5-11H2,1-4H3,(H,15,16). The summed E-state index contributed by atoms with van der Waals surface area (Å²) in [6.07, 6.45) is 3.31. The van der Waals surface area contributed by atoms with Gasteiger partial charge in [-0.2, -0.15) is 11.8 Å². The van der Waals surface area contributed by atoms with Crippen molar-refractivity contribution in [2.24, 2.45) is 10.4 Å². The van der Waals surface area contributed by atoms with Crippen LogP contribution in [0, 0.1) is 5.41 Å². The van der Waals surface area contributed by atoms with E-state index >= 15 is 0 Å². The van der Waals surface area contributed by atoms with E-state index in [1.165, 1.54) is 6.26 Å². The normalized spacial score (nSPS) is 24.8. The number of nitrogens with zero attached hydrogens (tertiary/aromatic N) is 2. The van der Waals surface area contributed by atoms with Gasteiger partial charge in [-0.05, 0) is 26.7 Å². The number of hydrogen-bond acceptors (Lipinski definition) is 4. The number of sulfone groups is 1. The molecule has 0 aromatic carbocycles. The summed E-state index contributed by atoms with van der Waals surface area (Å²) in [6.45, 7) is 7.17. The number of thioether (sulfide) groups is 1. The van der Waals surface area contributed by atoms with Crippen LogP contribution in [0.3, 0.4) is 0 Å². The van der Waals surface area contributed by atoms with Gasteiger partial charge in [0.05, 0.1) is 5.75 Å². The highest BCUT2D eigenvalue weighted by Crippen LogP contribution is 2.46. The molecular weight excluding hydrogens is 306 g/mol. The van der Waals surface area contributed by atoms with Crippen LogP contribution in [0.2, 0.25) is 0 Å². The topological polar surface area (TPSA) is 61.8 Å². The maximum atomic E-state index is 11.5. The lowest BCUT2D eigenvalue weighted by Crippen LogP contribution is -2.52. The highest BCUT2D eigenvalue weighted by atomic mass is 32.2. The average Bonchev–Trinajstić information content (AvgIpc) is 3.06. The second kappa shape index (κ2) is 5.99. The molecule has 0 spiro atoms. The van der Waals surface area contributed by atoms with E-state index in [0.29, 0.717) is 6.54 Å². The minimum Gasteiger partial charge on any atom is -0.356 e. The maximum Gasteiger partial charge on any atom is 0.193 e. The first-order valence-electron chi connectivity index (χ1n) is 7.42. The Morgan fingerprint density at radius 1 is 1.38 bits per heavy atom. The summed E-state index contributed by atoms with van der Waals surface area (Å²) in [6, 6.07) is 0. The molecule has 0 atom stereocenters. The highest BCUT2D eigenvalue weighted by molar-refractivity contribution is 8.00. The molecule has 0 amide bonds. The van der Waals surface area contributed by atoms with Crippen LogP contribution in [0.1, 0.15) is 26.7 Å². The van der Waals surface area contributed by atoms with Gasteiger partial charge in [0.1, 0.15) is 9.84 Å². The molecule has 1 aliphatic carbocycles. The van der Waals surface area contributed by atoms with Crippen molar-refractivity contribution in [3.05, 3.63) is 0 Å². The van der Waals surface area contributed by atoms with Crippen molar-refractivity contribution in [3.63, 3.8) is 0 Å². The molecule has 7 heteroatoms. The summed E-state index contributed by atoms with van der Waals surface area (Å²) in [5, 5.41) is 3.40. The van der Waals surface area contributed by atoms with E-state index in [9.17, 15) is 8.42 Å². The molecule has 1 saturated heterocycles. The Morgan fingerprint density at radius 2 is 2.05 bits per heavy atom. The van der Waals surface area contributed by atoms with E-state index in [4.69, 9.17) is 0 Å². The number of nitrogens with one attached hydrogen (secondary N) is 1. The van der Waals surface area contributed by atoms with Crippen molar-refractivity contribution in [1.29, 1.82) is 0 Å². The monoisotopic (exact) mass is 333 g/mol. The predicted molar refractivity (Wildman–Crippen MR) is 90.8 cm³/mol. The molecule has 0 radical (unpaired) electrons. The average molecular weight is 334 g/mol. The quantitative estimate of drug-likeness (QED) is 0.619. The Morgan fingerprint density at radius 3 is 2.52 bits per heavy atom. The first kappa shape index (κ1) is 16.9. The molecule has 2 rings (SSSR count). The molecule has 0 bridgehead atoms. The number of aliphatic imine (C=N–C) groups is 1. The van der Waals surface area contributed by atoms with Gasteiger partial charge in [0.2, 0.25) is 0 Å². The molecule has 2 aliphatic rings. The molecule has 1 N–H and O–H groups in total. The van der Waals surface area contributed by atoms with Gasteiger partial charge in [0, 0.05) is 48.9 Å². The van der Waals surface area contributed by atoms with Crippen LogP contribution < -0.4 is 5.32 Å². The summed E-state index contributed by atoms with van der Waals surface area (Å²) in [5.41, 5.74) is -0.0659. The van der Waals surface area contributed by atoms with Crippen LogP contribution in [0.5, 0.6) is 0 Å². The van der Waals surface area contributed by atoms with Crippen LogP contribution >= 0.6 is 11.8 Å². The lowest BCUT2D eigenvalue weighted by Gasteiger charge is -2.39. The van der Waals surface area contributed by atoms with Crippen LogP contribution in [0.4, 0.5) is 0 Å². The SMILES string of the molecule is CN=C(NCC1(CS(C)(=O)=O)CC1)N1CCSC(C)(C)C1. The molecule has 122 valence electrons. The lowest BCUT2D eigenvalue weighted by molar-refractivity contribution is 0.371. The van der Waals surface area contributed by atoms with E-state index in [1.807, 2.05) is 11.8 Å². The first-order valence-corrected chi connectivity index (χ1v) is 10.5. The fraction of sp³-hybridized carbons (Fsp3) is 0.929. The molecule has 1 saturated carbocycles. The van der Waals surface area contributed by atoms with Gasteiger partial charge in [0.15, 0.2) is 5.96 Å². The van der Waals surface area contributed by atoms with Gasteiger partial charge in [-0.25, -0.2) is 8.42 Å². The Hall–Kier alpha value is -0.430. The third kappa shape index (κ3) is 5.06. The molecule has 0 aromatic heterocycles. The molecule has 1 aliphatic heterocycles. The van der Waals surface area contributed by atoms with Crippen molar-refractivity contribution < 1.29 is 8.42 Å². The molecule has 0 aromatic rings. The third-order valence-electron chi connectivity index (χ3n) is 4.08. The van der Waals surface area contributed by atoms with Crippen LogP contribution in [-0.4, -0.2) is 68.5 Å². The Labute approximate surface area is 132 Å². The van der Waals surface area contributed by atoms with Crippen LogP contribution in [0.15, 0.2) is 4.99 Å². The zero-order chi connectivity index (χ0) is 15.7. The predicted octanol–water partition coefficient (Wildman–Crippen LogP) is 1.21. The zero-order valence-electron chi connectivity index (χ0n) is 13.5. The first-order chi connectivity index (χ1) is 9.65. The molecule has 0 unspecified atom stereocenters. The Bertz CT molecular complexity index is 510. The van der Waals surface area contributed by atoms with Crippen molar-refractivity contribution in [2.75, 3.05) is 44.4 Å². The van der Waals surface area contributed by atoms with Crippen molar-refractivity contribution in [3.8, 4) is 0 Å². The van der Waals surface area contributed by atoms with Gasteiger partial charge >= 0.3 is 0 Å². The number of guanidine groups is 1. The highest BCUT2D eigenvalue weighted by Gasteiger charge is 2.45. The molecular formula is C14H27N3O2S2. The van der Waals surface area contributed by atoms with E-state index < -0.39 is 9.84 Å². The molecule has 21 heavy (non-hydrogen) atoms. The summed E-state index contributed by atoms with van der Waals surface area (Å²) in [4.78, 5) is 6.66. The van der Waals surface area contributed by atoms with Gasteiger partial charge in [0.25, 0.3) is 0 Å². The van der Waals surface area contributed by atoms with Crippen molar-refractivity contribution in [2.45, 2.75) is 31.4 Å². The summed E-state index contributed by atoms with van der Waals surface area (Å²) in [7, 11) is -1.12. The maximum absolute atomic E-state index is 11.5. The van der Waals surface area contributed by atoms with E-state index in [1.54, 1.807) is 7.05 Å². The van der Waals surface area contributed by atoms with Crippen molar-refractivity contribution in [1.82, 2.24) is 10.2 Å². The largest absolute Gasteiger partial charge is 0.356 e.